The van der Waals surface area contributed by atoms with Crippen molar-refractivity contribution in [3.05, 3.63) is 90.1 Å². The molecular formula is C47H64N8O10. The van der Waals surface area contributed by atoms with Gasteiger partial charge >= 0.3 is 18.2 Å². The SMILES string of the molecule is COC(=O)[C@H](C)NC(=O)[C@H](NC(=O)[C@H](Cc1cn(C(=O)OC(C)(C)C)c2ccccc12)NC(=O)[C@H](CCc1ccccc1)NC(=O)[C@H](Cc1cncn1C)NC(=O)OC(C)(C)C)C(C)C. The second kappa shape index (κ2) is 22.3. The number of ether oxygens (including phenoxy) is 3. The third-order valence-corrected chi connectivity index (χ3v) is 10.1. The minimum Gasteiger partial charge on any atom is -0.467 e. The summed E-state index contributed by atoms with van der Waals surface area (Å²) in [6.45, 7) is 15.1. The van der Waals surface area contributed by atoms with Gasteiger partial charge in [0.05, 0.1) is 19.0 Å². The van der Waals surface area contributed by atoms with Crippen molar-refractivity contribution in [2.75, 3.05) is 7.11 Å². The quantitative estimate of drug-likeness (QED) is 0.0700. The monoisotopic (exact) mass is 900 g/mol. The van der Waals surface area contributed by atoms with Gasteiger partial charge < -0.3 is 45.4 Å². The highest BCUT2D eigenvalue weighted by Crippen LogP contribution is 2.25. The molecule has 5 amide bonds. The highest BCUT2D eigenvalue weighted by Gasteiger charge is 2.35. The van der Waals surface area contributed by atoms with Crippen LogP contribution in [-0.2, 0) is 64.5 Å². The van der Waals surface area contributed by atoms with Crippen molar-refractivity contribution in [3.63, 3.8) is 0 Å². The number of carbonyl (C=O) groups is 7. The summed E-state index contributed by atoms with van der Waals surface area (Å²) < 4.78 is 18.9. The lowest BCUT2D eigenvalue weighted by molar-refractivity contribution is -0.145. The van der Waals surface area contributed by atoms with Gasteiger partial charge in [-0.15, -0.1) is 0 Å². The molecule has 0 radical (unpaired) electrons. The number of aromatic nitrogens is 3. The Hall–Kier alpha value is -6.72. The van der Waals surface area contributed by atoms with Crippen LogP contribution in [0.5, 0.6) is 0 Å². The number of fused-ring (bicyclic) bond motifs is 1. The highest BCUT2D eigenvalue weighted by molar-refractivity contribution is 5.97. The van der Waals surface area contributed by atoms with Crippen LogP contribution in [0.25, 0.3) is 10.9 Å². The van der Waals surface area contributed by atoms with E-state index in [4.69, 9.17) is 14.2 Å². The Morgan fingerprint density at radius 2 is 1.28 bits per heavy atom. The third-order valence-electron chi connectivity index (χ3n) is 10.1. The van der Waals surface area contributed by atoms with Gasteiger partial charge in [0.25, 0.3) is 0 Å². The molecule has 352 valence electrons. The Kier molecular flexibility index (Phi) is 17.4. The van der Waals surface area contributed by atoms with Crippen LogP contribution in [0.15, 0.2) is 73.3 Å². The molecule has 18 heteroatoms. The second-order valence-corrected chi connectivity index (χ2v) is 18.3. The molecule has 4 aromatic rings. The van der Waals surface area contributed by atoms with E-state index in [-0.39, 0.29) is 19.3 Å². The molecule has 2 aromatic carbocycles. The molecule has 0 saturated heterocycles. The van der Waals surface area contributed by atoms with Crippen LogP contribution >= 0.6 is 0 Å². The molecule has 2 heterocycles. The van der Waals surface area contributed by atoms with Crippen LogP contribution in [0.2, 0.25) is 0 Å². The van der Waals surface area contributed by atoms with E-state index in [1.807, 2.05) is 30.3 Å². The summed E-state index contributed by atoms with van der Waals surface area (Å²) in [5.74, 6) is -4.05. The standard InChI is InChI=1S/C47H64N8O10/c1-28(2)38(42(59)49-29(3)43(60)63-11)53-41(58)35(23-31-26-55(45(62)65-47(7,8)9)37-20-16-15-19-33(31)37)51-39(56)34(22-21-30-17-13-12-14-18-30)50-40(57)36(24-32-25-48-27-54(32)10)52-44(61)64-46(4,5)6/h12-20,25-29,34-36,38H,21-24H2,1-11H3,(H,49,59)(H,50,57)(H,51,56)(H,52,61)(H,53,58)/t29-,34-,35-,36-,38+/m0/s1. The number of methoxy groups -OCH3 is 1. The fourth-order valence-corrected chi connectivity index (χ4v) is 6.85. The summed E-state index contributed by atoms with van der Waals surface area (Å²) in [4.78, 5) is 100.0. The number of aryl methyl sites for hydroxylation is 2. The number of amides is 5. The van der Waals surface area contributed by atoms with Gasteiger partial charge in [-0.1, -0.05) is 62.4 Å². The summed E-state index contributed by atoms with van der Waals surface area (Å²) in [6.07, 6.45) is 3.35. The van der Waals surface area contributed by atoms with E-state index in [1.54, 1.807) is 104 Å². The number of nitrogens with zero attached hydrogens (tertiary/aromatic N) is 3. The number of nitrogens with one attached hydrogen (secondary N) is 5. The molecule has 0 spiro atoms. The van der Waals surface area contributed by atoms with Crippen LogP contribution in [0, 0.1) is 5.92 Å². The Morgan fingerprint density at radius 1 is 0.692 bits per heavy atom. The molecule has 0 bridgehead atoms. The Bertz CT molecular complexity index is 2310. The molecule has 0 aliphatic heterocycles. The molecule has 18 nitrogen and oxygen atoms in total. The van der Waals surface area contributed by atoms with Crippen molar-refractivity contribution >= 4 is 52.7 Å². The maximum atomic E-state index is 14.7. The van der Waals surface area contributed by atoms with E-state index in [9.17, 15) is 33.6 Å². The maximum Gasteiger partial charge on any atom is 0.419 e. The second-order valence-electron chi connectivity index (χ2n) is 18.3. The molecule has 65 heavy (non-hydrogen) atoms. The normalized spacial score (nSPS) is 14.0. The van der Waals surface area contributed by atoms with Gasteiger partial charge in [0, 0.05) is 43.4 Å². The number of carbonyl (C=O) groups excluding carboxylic acids is 7. The molecule has 0 aliphatic carbocycles. The minimum absolute atomic E-state index is 0.00536. The molecule has 0 aliphatic rings. The molecular weight excluding hydrogens is 837 g/mol. The van der Waals surface area contributed by atoms with Crippen LogP contribution < -0.4 is 26.6 Å². The first-order valence-electron chi connectivity index (χ1n) is 21.6. The minimum atomic E-state index is -1.39. The van der Waals surface area contributed by atoms with E-state index < -0.39 is 89.1 Å². The molecule has 5 atom stereocenters. The van der Waals surface area contributed by atoms with Crippen molar-refractivity contribution in [1.82, 2.24) is 40.7 Å². The molecule has 5 N–H and O–H groups in total. The van der Waals surface area contributed by atoms with Gasteiger partial charge in [-0.3, -0.25) is 23.7 Å². The fraction of sp³-hybridized carbons (Fsp3) is 0.489. The topological polar surface area (TPSA) is 230 Å². The van der Waals surface area contributed by atoms with Crippen molar-refractivity contribution in [2.45, 2.75) is 129 Å². The zero-order chi connectivity index (χ0) is 48.2. The molecule has 0 unspecified atom stereocenters. The fourth-order valence-electron chi connectivity index (χ4n) is 6.85. The Labute approximate surface area is 379 Å². The van der Waals surface area contributed by atoms with Crippen LogP contribution in [0.1, 0.15) is 85.6 Å². The molecule has 0 fully saturated rings. The Morgan fingerprint density at radius 3 is 1.88 bits per heavy atom. The number of esters is 1. The average Bonchev–Trinajstić information content (AvgIpc) is 3.81. The van der Waals surface area contributed by atoms with E-state index >= 15 is 0 Å². The average molecular weight is 901 g/mol. The zero-order valence-electron chi connectivity index (χ0n) is 39.1. The van der Waals surface area contributed by atoms with E-state index in [1.165, 1.54) is 24.8 Å². The Balaban J connectivity index is 1.75. The predicted octanol–water partition coefficient (Wildman–Crippen LogP) is 4.26. The largest absolute Gasteiger partial charge is 0.467 e. The number of rotatable bonds is 18. The summed E-state index contributed by atoms with van der Waals surface area (Å²) in [5, 5.41) is 14.2. The lowest BCUT2D eigenvalue weighted by atomic mass is 9.99. The number of para-hydroxylation sites is 1. The van der Waals surface area contributed by atoms with Crippen molar-refractivity contribution in [1.29, 1.82) is 0 Å². The van der Waals surface area contributed by atoms with Crippen LogP contribution in [0.4, 0.5) is 9.59 Å². The van der Waals surface area contributed by atoms with Crippen LogP contribution in [0.3, 0.4) is 0 Å². The first-order chi connectivity index (χ1) is 30.5. The third kappa shape index (κ3) is 15.2. The predicted molar refractivity (Wildman–Crippen MR) is 242 cm³/mol. The van der Waals surface area contributed by atoms with E-state index in [0.717, 1.165) is 5.56 Å². The van der Waals surface area contributed by atoms with Gasteiger partial charge in [0.15, 0.2) is 0 Å². The molecule has 2 aromatic heterocycles. The van der Waals surface area contributed by atoms with E-state index in [0.29, 0.717) is 28.6 Å². The van der Waals surface area contributed by atoms with Gasteiger partial charge in [-0.05, 0) is 84.4 Å². The number of alkyl carbamates (subject to hydrolysis) is 1. The van der Waals surface area contributed by atoms with Gasteiger partial charge in [0.2, 0.25) is 23.6 Å². The van der Waals surface area contributed by atoms with Gasteiger partial charge in [-0.2, -0.15) is 0 Å². The summed E-state index contributed by atoms with van der Waals surface area (Å²) >= 11 is 0. The lowest BCUT2D eigenvalue weighted by Gasteiger charge is -2.28. The highest BCUT2D eigenvalue weighted by atomic mass is 16.6. The van der Waals surface area contributed by atoms with Crippen molar-refractivity contribution in [3.8, 4) is 0 Å². The van der Waals surface area contributed by atoms with Crippen molar-refractivity contribution in [2.24, 2.45) is 13.0 Å². The summed E-state index contributed by atoms with van der Waals surface area (Å²) in [5.41, 5.74) is 0.754. The number of imidazole rings is 1. The number of hydrogen-bond acceptors (Lipinski definition) is 11. The maximum absolute atomic E-state index is 14.7. The first kappa shape index (κ1) is 50.9. The van der Waals surface area contributed by atoms with Crippen molar-refractivity contribution < 1.29 is 47.8 Å². The summed E-state index contributed by atoms with van der Waals surface area (Å²) in [6, 6.07) is 10.2. The number of hydrogen-bond donors (Lipinski definition) is 5. The van der Waals surface area contributed by atoms with Crippen LogP contribution in [-0.4, -0.2) is 104 Å². The van der Waals surface area contributed by atoms with Gasteiger partial charge in [-0.25, -0.2) is 19.4 Å². The lowest BCUT2D eigenvalue weighted by Crippen LogP contribution is -2.60. The number of benzene rings is 2. The molecule has 0 saturated carbocycles. The smallest absolute Gasteiger partial charge is 0.419 e. The first-order valence-corrected chi connectivity index (χ1v) is 21.6. The summed E-state index contributed by atoms with van der Waals surface area (Å²) in [7, 11) is 2.93. The zero-order valence-corrected chi connectivity index (χ0v) is 39.1. The van der Waals surface area contributed by atoms with E-state index in [2.05, 4.69) is 31.6 Å². The van der Waals surface area contributed by atoms with Gasteiger partial charge in [0.1, 0.15) is 41.4 Å². The molecule has 4 rings (SSSR count).